The third-order valence-electron chi connectivity index (χ3n) is 12.4. The summed E-state index contributed by atoms with van der Waals surface area (Å²) in [5.41, 5.74) is 19.1. The van der Waals surface area contributed by atoms with Crippen molar-refractivity contribution in [3.05, 3.63) is 275 Å². The highest BCUT2D eigenvalue weighted by atomic mass is 14.9. The first-order chi connectivity index (χ1) is 31.1. The predicted molar refractivity (Wildman–Crippen MR) is 266 cm³/mol. The van der Waals surface area contributed by atoms with Crippen molar-refractivity contribution < 1.29 is 0 Å². The van der Waals surface area contributed by atoms with E-state index in [0.717, 1.165) is 62.3 Å². The van der Waals surface area contributed by atoms with Crippen LogP contribution in [-0.2, 0) is 5.41 Å². The van der Waals surface area contributed by atoms with E-state index in [4.69, 9.17) is 9.98 Å². The molecule has 0 radical (unpaired) electrons. The summed E-state index contributed by atoms with van der Waals surface area (Å²) in [7, 11) is 0. The van der Waals surface area contributed by atoms with Crippen LogP contribution in [0.4, 0.5) is 0 Å². The molecule has 8 aromatic carbocycles. The van der Waals surface area contributed by atoms with Crippen LogP contribution in [0.5, 0.6) is 0 Å². The molecule has 0 N–H and O–H groups in total. The lowest BCUT2D eigenvalue weighted by Gasteiger charge is -2.32. The summed E-state index contributed by atoms with van der Waals surface area (Å²) in [6, 6.07) is 74.9. The molecule has 1 spiro atoms. The van der Waals surface area contributed by atoms with Gasteiger partial charge in [-0.2, -0.15) is 0 Å². The Balaban J connectivity index is 1.00. The van der Waals surface area contributed by atoms with Gasteiger partial charge in [0.1, 0.15) is 0 Å². The number of rotatable bonds is 10. The number of fused-ring (bicyclic) bond motifs is 7. The molecule has 3 heteroatoms. The molecule has 2 aliphatic carbocycles. The first-order valence-electron chi connectivity index (χ1n) is 21.5. The van der Waals surface area contributed by atoms with E-state index in [1.807, 2.05) is 24.3 Å². The van der Waals surface area contributed by atoms with Crippen LogP contribution in [0.2, 0.25) is 0 Å². The molecule has 0 amide bonds. The molecule has 300 valence electrons. The van der Waals surface area contributed by atoms with Gasteiger partial charge >= 0.3 is 0 Å². The molecule has 8 aromatic rings. The molecule has 63 heavy (non-hydrogen) atoms. The molecule has 0 saturated carbocycles. The van der Waals surface area contributed by atoms with E-state index in [9.17, 15) is 0 Å². The van der Waals surface area contributed by atoms with Crippen LogP contribution in [0.3, 0.4) is 0 Å². The smallest absolute Gasteiger partial charge is 0.159 e. The summed E-state index contributed by atoms with van der Waals surface area (Å²) in [4.78, 5) is 15.2. The van der Waals surface area contributed by atoms with Gasteiger partial charge in [0.05, 0.1) is 22.5 Å². The van der Waals surface area contributed by atoms with Gasteiger partial charge < -0.3 is 0 Å². The number of benzene rings is 8. The first kappa shape index (κ1) is 39.1. The molecule has 0 fully saturated rings. The second-order valence-corrected chi connectivity index (χ2v) is 15.9. The average molecular weight is 808 g/mol. The van der Waals surface area contributed by atoms with Gasteiger partial charge in [-0.15, -0.1) is 0 Å². The van der Waals surface area contributed by atoms with Gasteiger partial charge in [0, 0.05) is 22.3 Å². The lowest BCUT2D eigenvalue weighted by Crippen LogP contribution is -2.26. The van der Waals surface area contributed by atoms with Gasteiger partial charge in [-0.3, -0.25) is 0 Å². The highest BCUT2D eigenvalue weighted by Crippen LogP contribution is 2.64. The van der Waals surface area contributed by atoms with Crippen molar-refractivity contribution in [1.29, 1.82) is 0 Å². The van der Waals surface area contributed by atoms with Crippen molar-refractivity contribution in [2.45, 2.75) is 18.8 Å². The third kappa shape index (κ3) is 6.94. The van der Waals surface area contributed by atoms with E-state index in [1.165, 1.54) is 39.0 Å². The number of nitrogens with zero attached hydrogens (tertiary/aromatic N) is 3. The Bertz CT molecular complexity index is 3090. The highest BCUT2D eigenvalue weighted by molar-refractivity contribution is 6.15. The Hall–Kier alpha value is -8.01. The number of amidine groups is 1. The molecule has 3 nitrogen and oxygen atoms in total. The highest BCUT2D eigenvalue weighted by Gasteiger charge is 2.53. The molecule has 0 saturated heterocycles. The summed E-state index contributed by atoms with van der Waals surface area (Å²) in [5, 5.41) is 0. The first-order valence-corrected chi connectivity index (χ1v) is 21.5. The maximum Gasteiger partial charge on any atom is 0.159 e. The van der Waals surface area contributed by atoms with Gasteiger partial charge in [0.15, 0.2) is 5.84 Å². The monoisotopic (exact) mass is 807 g/mol. The van der Waals surface area contributed by atoms with Crippen molar-refractivity contribution in [1.82, 2.24) is 0 Å². The van der Waals surface area contributed by atoms with E-state index >= 15 is 0 Å². The molecule has 10 rings (SSSR count). The van der Waals surface area contributed by atoms with Crippen LogP contribution in [0.1, 0.15) is 63.4 Å². The SMILES string of the molecule is C=N/C(=N\C1=C(c2ccccc2)C2(c3ccccc31)c1ccccc1-c1ccccc12)c1ccc(-c2ccc(C(=C)/N=C(\C=C(/CC)c3ccccc3)c3ccccc3)cc2)cc1. The average Bonchev–Trinajstić information content (AvgIpc) is 3.82. The Morgan fingerprint density at radius 3 is 1.48 bits per heavy atom. The standard InChI is InChI=1S/C60H45N3/c1-4-42(44-20-8-5-9-21-44)40-56(47-22-10-6-11-23-47)62-41(2)43-32-34-45(35-33-43)46-36-38-49(39-37-46)59(61-3)63-58-52-28-16-19-31-55(52)60(57(58)48-24-12-7-13-25-48)53-29-17-14-26-50(53)51-27-15-18-30-54(51)60/h5-40H,2-4H2,1H3/b42-40+,62-56+,63-59-. The quantitative estimate of drug-likeness (QED) is 0.0975. The van der Waals surface area contributed by atoms with Crippen molar-refractivity contribution in [3.8, 4) is 22.3 Å². The Labute approximate surface area is 370 Å². The van der Waals surface area contributed by atoms with Crippen molar-refractivity contribution in [2.24, 2.45) is 15.0 Å². The fourth-order valence-electron chi connectivity index (χ4n) is 9.50. The summed E-state index contributed by atoms with van der Waals surface area (Å²) >= 11 is 0. The summed E-state index contributed by atoms with van der Waals surface area (Å²) in [6.45, 7) is 10.6. The molecular weight excluding hydrogens is 763 g/mol. The number of allylic oxidation sites excluding steroid dienone is 3. The zero-order chi connectivity index (χ0) is 42.8. The second kappa shape index (κ2) is 16.8. The van der Waals surface area contributed by atoms with Crippen molar-refractivity contribution in [2.75, 3.05) is 0 Å². The van der Waals surface area contributed by atoms with Gasteiger partial charge in [-0.1, -0.05) is 226 Å². The van der Waals surface area contributed by atoms with E-state index in [-0.39, 0.29) is 0 Å². The molecule has 0 bridgehead atoms. The van der Waals surface area contributed by atoms with E-state index in [2.05, 4.69) is 219 Å². The number of hydrogen-bond donors (Lipinski definition) is 0. The second-order valence-electron chi connectivity index (χ2n) is 15.9. The van der Waals surface area contributed by atoms with Crippen LogP contribution in [0.25, 0.3) is 44.8 Å². The van der Waals surface area contributed by atoms with Crippen molar-refractivity contribution >= 4 is 40.8 Å². The Morgan fingerprint density at radius 2 is 0.937 bits per heavy atom. The van der Waals surface area contributed by atoms with Crippen LogP contribution in [0.15, 0.2) is 240 Å². The van der Waals surface area contributed by atoms with Crippen LogP contribution < -0.4 is 0 Å². The Kier molecular flexibility index (Phi) is 10.4. The molecule has 2 aliphatic rings. The minimum absolute atomic E-state index is 0.552. The van der Waals surface area contributed by atoms with E-state index < -0.39 is 5.41 Å². The lowest BCUT2D eigenvalue weighted by molar-refractivity contribution is 0.842. The normalized spacial score (nSPS) is 14.0. The minimum Gasteiger partial charge on any atom is -0.248 e. The summed E-state index contributed by atoms with van der Waals surface area (Å²) < 4.78 is 0. The molecule has 0 aromatic heterocycles. The summed E-state index contributed by atoms with van der Waals surface area (Å²) in [5.74, 6) is 0.572. The number of hydrogen-bond acceptors (Lipinski definition) is 2. The van der Waals surface area contributed by atoms with Crippen LogP contribution >= 0.6 is 0 Å². The largest absolute Gasteiger partial charge is 0.248 e. The minimum atomic E-state index is -0.552. The molecule has 0 unspecified atom stereocenters. The molecule has 0 aliphatic heterocycles. The number of aliphatic imine (C=N–C) groups is 3. The maximum atomic E-state index is 5.49. The van der Waals surface area contributed by atoms with E-state index in [0.29, 0.717) is 11.5 Å². The fraction of sp³-hybridized carbons (Fsp3) is 0.0500. The van der Waals surface area contributed by atoms with Gasteiger partial charge in [0.2, 0.25) is 0 Å². The Morgan fingerprint density at radius 1 is 0.476 bits per heavy atom. The summed E-state index contributed by atoms with van der Waals surface area (Å²) in [6.07, 6.45) is 3.08. The van der Waals surface area contributed by atoms with Gasteiger partial charge in [0.25, 0.3) is 0 Å². The maximum absolute atomic E-state index is 5.49. The fourth-order valence-corrected chi connectivity index (χ4v) is 9.50. The van der Waals surface area contributed by atoms with Crippen LogP contribution in [-0.4, -0.2) is 18.3 Å². The van der Waals surface area contributed by atoms with Crippen molar-refractivity contribution in [3.63, 3.8) is 0 Å². The third-order valence-corrected chi connectivity index (χ3v) is 12.4. The zero-order valence-corrected chi connectivity index (χ0v) is 35.2. The molecule has 0 heterocycles. The zero-order valence-electron chi connectivity index (χ0n) is 35.2. The lowest BCUT2D eigenvalue weighted by atomic mass is 9.68. The van der Waals surface area contributed by atoms with Gasteiger partial charge in [-0.05, 0) is 80.4 Å². The van der Waals surface area contributed by atoms with E-state index in [1.54, 1.807) is 0 Å². The van der Waals surface area contributed by atoms with Gasteiger partial charge in [-0.25, -0.2) is 15.0 Å². The van der Waals surface area contributed by atoms with Crippen LogP contribution in [0, 0.1) is 0 Å². The molecular formula is C60H45N3. The predicted octanol–water partition coefficient (Wildman–Crippen LogP) is 14.7. The molecule has 0 atom stereocenters. The topological polar surface area (TPSA) is 37.1 Å².